The minimum absolute atomic E-state index is 0.0675. The first-order valence-corrected chi connectivity index (χ1v) is 5.74. The van der Waals surface area contributed by atoms with E-state index < -0.39 is 0 Å². The van der Waals surface area contributed by atoms with Crippen molar-refractivity contribution in [1.29, 1.82) is 0 Å². The molecule has 1 saturated heterocycles. The highest BCUT2D eigenvalue weighted by Gasteiger charge is 2.52. The van der Waals surface area contributed by atoms with Crippen molar-refractivity contribution >= 4 is 0 Å². The van der Waals surface area contributed by atoms with Crippen molar-refractivity contribution in [3.63, 3.8) is 0 Å². The predicted molar refractivity (Wildman–Crippen MR) is 51.0 cm³/mol. The van der Waals surface area contributed by atoms with E-state index in [2.05, 4.69) is 6.92 Å². The van der Waals surface area contributed by atoms with Crippen LogP contribution in [0.25, 0.3) is 0 Å². The largest absolute Gasteiger partial charge is 0.390 e. The minimum atomic E-state index is -0.257. The van der Waals surface area contributed by atoms with Gasteiger partial charge in [0.15, 0.2) is 0 Å². The van der Waals surface area contributed by atoms with Crippen LogP contribution in [0.4, 0.5) is 0 Å². The fraction of sp³-hybridized carbons (Fsp3) is 1.00. The third-order valence-corrected chi connectivity index (χ3v) is 3.94. The van der Waals surface area contributed by atoms with E-state index in [1.165, 1.54) is 0 Å². The van der Waals surface area contributed by atoms with Crippen molar-refractivity contribution in [3.8, 4) is 0 Å². The van der Waals surface area contributed by atoms with Gasteiger partial charge in [0.1, 0.15) is 6.10 Å². The van der Waals surface area contributed by atoms with Crippen molar-refractivity contribution in [1.82, 2.24) is 0 Å². The average molecular weight is 198 g/mol. The van der Waals surface area contributed by atoms with Crippen LogP contribution in [0.3, 0.4) is 0 Å². The SMILES string of the molecule is CC1CCC(OC2CC[C@H]3OC23)C1O. The monoisotopic (exact) mass is 198 g/mol. The van der Waals surface area contributed by atoms with E-state index in [-0.39, 0.29) is 18.3 Å². The molecule has 6 atom stereocenters. The number of ether oxygens (including phenoxy) is 2. The molecule has 3 rings (SSSR count). The summed E-state index contributed by atoms with van der Waals surface area (Å²) in [6.07, 6.45) is 5.29. The topological polar surface area (TPSA) is 42.0 Å². The summed E-state index contributed by atoms with van der Waals surface area (Å²) in [4.78, 5) is 0. The molecular weight excluding hydrogens is 180 g/mol. The second-order valence-corrected chi connectivity index (χ2v) is 4.97. The maximum absolute atomic E-state index is 9.85. The fourth-order valence-electron chi connectivity index (χ4n) is 2.86. The van der Waals surface area contributed by atoms with Crippen LogP contribution in [0.1, 0.15) is 32.6 Å². The zero-order valence-corrected chi connectivity index (χ0v) is 8.56. The van der Waals surface area contributed by atoms with Crippen molar-refractivity contribution in [2.75, 3.05) is 0 Å². The highest BCUT2D eigenvalue weighted by Crippen LogP contribution is 2.42. The molecule has 3 heteroatoms. The van der Waals surface area contributed by atoms with Gasteiger partial charge in [-0.1, -0.05) is 6.92 Å². The predicted octanol–water partition coefficient (Wildman–Crippen LogP) is 1.09. The summed E-state index contributed by atoms with van der Waals surface area (Å²) in [5, 5.41) is 9.85. The smallest absolute Gasteiger partial charge is 0.110 e. The zero-order valence-electron chi connectivity index (χ0n) is 8.56. The molecule has 5 unspecified atom stereocenters. The van der Waals surface area contributed by atoms with Crippen LogP contribution in [0, 0.1) is 5.92 Å². The lowest BCUT2D eigenvalue weighted by Crippen LogP contribution is -2.32. The van der Waals surface area contributed by atoms with Gasteiger partial charge in [-0.05, 0) is 31.6 Å². The molecule has 80 valence electrons. The van der Waals surface area contributed by atoms with E-state index >= 15 is 0 Å². The minimum Gasteiger partial charge on any atom is -0.390 e. The number of aliphatic hydroxyl groups is 1. The second-order valence-electron chi connectivity index (χ2n) is 4.97. The summed E-state index contributed by atoms with van der Waals surface area (Å²) >= 11 is 0. The summed E-state index contributed by atoms with van der Waals surface area (Å²) in [5.41, 5.74) is 0. The number of fused-ring (bicyclic) bond motifs is 1. The van der Waals surface area contributed by atoms with Gasteiger partial charge in [-0.2, -0.15) is 0 Å². The number of aliphatic hydroxyl groups excluding tert-OH is 1. The molecule has 0 amide bonds. The zero-order chi connectivity index (χ0) is 9.71. The molecule has 1 N–H and O–H groups in total. The highest BCUT2D eigenvalue weighted by atomic mass is 16.6. The molecule has 1 aliphatic heterocycles. The average Bonchev–Trinajstić information content (AvgIpc) is 2.78. The first kappa shape index (κ1) is 9.13. The van der Waals surface area contributed by atoms with Gasteiger partial charge in [0.25, 0.3) is 0 Å². The Hall–Kier alpha value is -0.120. The van der Waals surface area contributed by atoms with Gasteiger partial charge in [-0.25, -0.2) is 0 Å². The Bertz CT molecular complexity index is 231. The lowest BCUT2D eigenvalue weighted by molar-refractivity contribution is -0.0789. The van der Waals surface area contributed by atoms with Gasteiger partial charge in [0.2, 0.25) is 0 Å². The molecule has 0 radical (unpaired) electrons. The van der Waals surface area contributed by atoms with E-state index in [4.69, 9.17) is 9.47 Å². The van der Waals surface area contributed by atoms with Crippen molar-refractivity contribution in [2.24, 2.45) is 5.92 Å². The Balaban J connectivity index is 1.57. The van der Waals surface area contributed by atoms with Crippen molar-refractivity contribution in [3.05, 3.63) is 0 Å². The van der Waals surface area contributed by atoms with Gasteiger partial charge < -0.3 is 14.6 Å². The maximum Gasteiger partial charge on any atom is 0.110 e. The van der Waals surface area contributed by atoms with E-state index in [1.54, 1.807) is 0 Å². The lowest BCUT2D eigenvalue weighted by Gasteiger charge is -2.22. The number of rotatable bonds is 2. The molecule has 14 heavy (non-hydrogen) atoms. The van der Waals surface area contributed by atoms with Crippen LogP contribution in [0.15, 0.2) is 0 Å². The maximum atomic E-state index is 9.85. The molecule has 2 saturated carbocycles. The Morgan fingerprint density at radius 2 is 1.93 bits per heavy atom. The molecule has 2 aliphatic carbocycles. The Labute approximate surface area is 84.4 Å². The molecule has 0 spiro atoms. The quantitative estimate of drug-likeness (QED) is 0.675. The van der Waals surface area contributed by atoms with E-state index in [0.717, 1.165) is 25.7 Å². The first-order valence-electron chi connectivity index (χ1n) is 5.74. The Kier molecular flexibility index (Phi) is 2.08. The van der Waals surface area contributed by atoms with E-state index in [0.29, 0.717) is 18.1 Å². The molecular formula is C11H18O3. The first-order chi connectivity index (χ1) is 6.75. The van der Waals surface area contributed by atoms with Crippen LogP contribution in [0.2, 0.25) is 0 Å². The summed E-state index contributed by atoms with van der Waals surface area (Å²) in [7, 11) is 0. The van der Waals surface area contributed by atoms with Gasteiger partial charge in [-0.15, -0.1) is 0 Å². The molecule has 0 aromatic heterocycles. The third-order valence-electron chi connectivity index (χ3n) is 3.94. The molecule has 0 aromatic carbocycles. The standard InChI is InChI=1S/C11H18O3/c1-6-2-3-7(10(6)12)13-8-4-5-9-11(8)14-9/h6-12H,2-5H2,1H3/t6?,7?,8?,9-,10?,11?/m1/s1. The number of hydrogen-bond donors (Lipinski definition) is 1. The van der Waals surface area contributed by atoms with Crippen molar-refractivity contribution < 1.29 is 14.6 Å². The molecule has 0 aromatic rings. The number of hydrogen-bond acceptors (Lipinski definition) is 3. The van der Waals surface area contributed by atoms with E-state index in [9.17, 15) is 5.11 Å². The van der Waals surface area contributed by atoms with Gasteiger partial charge >= 0.3 is 0 Å². The van der Waals surface area contributed by atoms with Crippen LogP contribution < -0.4 is 0 Å². The fourth-order valence-corrected chi connectivity index (χ4v) is 2.86. The summed E-state index contributed by atoms with van der Waals surface area (Å²) in [6.45, 7) is 2.10. The van der Waals surface area contributed by atoms with Crippen LogP contribution in [-0.2, 0) is 9.47 Å². The summed E-state index contributed by atoms with van der Waals surface area (Å²) in [6, 6.07) is 0. The lowest BCUT2D eigenvalue weighted by atomic mass is 10.1. The van der Waals surface area contributed by atoms with Crippen LogP contribution in [-0.4, -0.2) is 35.6 Å². The Morgan fingerprint density at radius 3 is 2.43 bits per heavy atom. The van der Waals surface area contributed by atoms with Gasteiger partial charge in [-0.3, -0.25) is 0 Å². The molecule has 0 bridgehead atoms. The number of epoxide rings is 1. The summed E-state index contributed by atoms with van der Waals surface area (Å²) < 4.78 is 11.4. The molecule has 3 aliphatic rings. The van der Waals surface area contributed by atoms with E-state index in [1.807, 2.05) is 0 Å². The van der Waals surface area contributed by atoms with Gasteiger partial charge in [0.05, 0.1) is 24.4 Å². The van der Waals surface area contributed by atoms with Crippen LogP contribution >= 0.6 is 0 Å². The second kappa shape index (κ2) is 3.19. The molecule has 3 nitrogen and oxygen atoms in total. The molecule has 3 fully saturated rings. The summed E-state index contributed by atoms with van der Waals surface area (Å²) in [5.74, 6) is 0.400. The van der Waals surface area contributed by atoms with Gasteiger partial charge in [0, 0.05) is 0 Å². The highest BCUT2D eigenvalue weighted by molar-refractivity contribution is 5.00. The normalized spacial score (nSPS) is 56.1. The van der Waals surface area contributed by atoms with Crippen molar-refractivity contribution in [2.45, 2.75) is 63.1 Å². The van der Waals surface area contributed by atoms with Crippen LogP contribution in [0.5, 0.6) is 0 Å². The third kappa shape index (κ3) is 1.38. The molecule has 1 heterocycles. The Morgan fingerprint density at radius 1 is 1.14 bits per heavy atom.